The van der Waals surface area contributed by atoms with Crippen molar-refractivity contribution in [2.45, 2.75) is 51.3 Å². The first-order valence-electron chi connectivity index (χ1n) is 9.77. The van der Waals surface area contributed by atoms with Gasteiger partial charge >= 0.3 is 0 Å². The topological polar surface area (TPSA) is 57.7 Å². The maximum Gasteiger partial charge on any atom is 0.271 e. The number of allylic oxidation sites excluding steroid dienone is 2. The SMILES string of the molecule is CCCC1=C(CCC)N(C(C)=O)S(=O)(=O)c2c1ccc1c(N(C)C)cccc21. The summed E-state index contributed by atoms with van der Waals surface area (Å²) in [6.07, 6.45) is 2.95. The highest BCUT2D eigenvalue weighted by atomic mass is 32.2. The van der Waals surface area contributed by atoms with Gasteiger partial charge in [0.2, 0.25) is 5.91 Å². The van der Waals surface area contributed by atoms with Crippen molar-refractivity contribution in [1.82, 2.24) is 4.31 Å². The summed E-state index contributed by atoms with van der Waals surface area (Å²) in [5.41, 5.74) is 3.30. The standard InChI is InChI=1S/C22H28N2O3S/c1-6-9-16-19-14-13-17-18(11-8-12-20(17)23(4)5)22(19)28(26,27)24(15(3)25)21(16)10-7-2/h8,11-14H,6-7,9-10H2,1-5H3. The molecule has 1 amide bonds. The van der Waals surface area contributed by atoms with Gasteiger partial charge in [-0.2, -0.15) is 0 Å². The molecular weight excluding hydrogens is 372 g/mol. The molecule has 2 aromatic rings. The Morgan fingerprint density at radius 1 is 1.00 bits per heavy atom. The van der Waals surface area contributed by atoms with Gasteiger partial charge in [0.05, 0.1) is 0 Å². The zero-order chi connectivity index (χ0) is 20.6. The van der Waals surface area contributed by atoms with Gasteiger partial charge in [-0.05, 0) is 24.5 Å². The van der Waals surface area contributed by atoms with Crippen LogP contribution in [0.4, 0.5) is 5.69 Å². The Balaban J connectivity index is 2.49. The highest BCUT2D eigenvalue weighted by molar-refractivity contribution is 7.90. The molecular formula is C22H28N2O3S. The number of carbonyl (C=O) groups excluding carboxylic acids is 1. The number of hydrogen-bond donors (Lipinski definition) is 0. The van der Waals surface area contributed by atoms with Crippen molar-refractivity contribution in [2.75, 3.05) is 19.0 Å². The monoisotopic (exact) mass is 400 g/mol. The summed E-state index contributed by atoms with van der Waals surface area (Å²) in [6, 6.07) is 9.60. The van der Waals surface area contributed by atoms with Crippen LogP contribution < -0.4 is 4.90 Å². The third-order valence-electron chi connectivity index (χ3n) is 5.16. The maximum absolute atomic E-state index is 13.6. The Morgan fingerprint density at radius 2 is 1.68 bits per heavy atom. The van der Waals surface area contributed by atoms with Crippen LogP contribution in [-0.4, -0.2) is 32.7 Å². The van der Waals surface area contributed by atoms with E-state index in [1.54, 1.807) is 0 Å². The highest BCUT2D eigenvalue weighted by Gasteiger charge is 2.39. The van der Waals surface area contributed by atoms with Crippen LogP contribution in [0.25, 0.3) is 16.3 Å². The van der Waals surface area contributed by atoms with Crippen LogP contribution in [0.2, 0.25) is 0 Å². The molecule has 0 saturated carbocycles. The summed E-state index contributed by atoms with van der Waals surface area (Å²) in [5.74, 6) is -0.455. The smallest absolute Gasteiger partial charge is 0.271 e. The zero-order valence-electron chi connectivity index (χ0n) is 17.2. The molecule has 0 saturated heterocycles. The van der Waals surface area contributed by atoms with Crippen molar-refractivity contribution in [3.63, 3.8) is 0 Å². The molecule has 0 aliphatic carbocycles. The van der Waals surface area contributed by atoms with Crippen molar-refractivity contribution in [3.05, 3.63) is 41.6 Å². The van der Waals surface area contributed by atoms with Gasteiger partial charge in [0, 0.05) is 48.7 Å². The van der Waals surface area contributed by atoms with E-state index in [2.05, 4.69) is 6.92 Å². The minimum Gasteiger partial charge on any atom is -0.377 e. The summed E-state index contributed by atoms with van der Waals surface area (Å²) in [5, 5.41) is 1.53. The van der Waals surface area contributed by atoms with Gasteiger partial charge in [-0.25, -0.2) is 12.7 Å². The van der Waals surface area contributed by atoms with Gasteiger partial charge in [0.15, 0.2) is 0 Å². The van der Waals surface area contributed by atoms with E-state index in [9.17, 15) is 13.2 Å². The van der Waals surface area contributed by atoms with E-state index >= 15 is 0 Å². The van der Waals surface area contributed by atoms with Crippen LogP contribution in [-0.2, 0) is 14.8 Å². The van der Waals surface area contributed by atoms with E-state index in [0.717, 1.165) is 45.8 Å². The Hall–Kier alpha value is -2.34. The normalized spacial score (nSPS) is 15.7. The lowest BCUT2D eigenvalue weighted by atomic mass is 9.94. The fourth-order valence-electron chi connectivity index (χ4n) is 4.11. The quantitative estimate of drug-likeness (QED) is 0.725. The Labute approximate surface area is 167 Å². The number of benzene rings is 2. The maximum atomic E-state index is 13.6. The van der Waals surface area contributed by atoms with Crippen molar-refractivity contribution in [3.8, 4) is 0 Å². The van der Waals surface area contributed by atoms with E-state index < -0.39 is 15.9 Å². The number of hydrogen-bond acceptors (Lipinski definition) is 4. The number of rotatable bonds is 5. The molecule has 0 aromatic heterocycles. The second-order valence-corrected chi connectivity index (χ2v) is 9.15. The minimum absolute atomic E-state index is 0.257. The van der Waals surface area contributed by atoms with Crippen LogP contribution in [0.5, 0.6) is 0 Å². The van der Waals surface area contributed by atoms with E-state index in [4.69, 9.17) is 0 Å². The van der Waals surface area contributed by atoms with E-state index in [0.29, 0.717) is 17.5 Å². The van der Waals surface area contributed by atoms with Gasteiger partial charge in [-0.15, -0.1) is 0 Å². The van der Waals surface area contributed by atoms with Crippen molar-refractivity contribution in [2.24, 2.45) is 0 Å². The molecule has 0 radical (unpaired) electrons. The third-order valence-corrected chi connectivity index (χ3v) is 7.07. The Kier molecular flexibility index (Phi) is 5.53. The first kappa shape index (κ1) is 20.4. The molecule has 0 fully saturated rings. The summed E-state index contributed by atoms with van der Waals surface area (Å²) in [7, 11) is -0.0926. The number of amides is 1. The van der Waals surface area contributed by atoms with Gasteiger partial charge < -0.3 is 4.90 Å². The number of sulfonamides is 1. The Morgan fingerprint density at radius 3 is 2.25 bits per heavy atom. The predicted octanol–water partition coefficient (Wildman–Crippen LogP) is 4.77. The average molecular weight is 401 g/mol. The molecule has 150 valence electrons. The molecule has 28 heavy (non-hydrogen) atoms. The fraction of sp³-hybridized carbons (Fsp3) is 0.409. The summed E-state index contributed by atoms with van der Waals surface area (Å²) < 4.78 is 28.3. The van der Waals surface area contributed by atoms with E-state index in [1.165, 1.54) is 6.92 Å². The molecule has 0 spiro atoms. The average Bonchev–Trinajstić information content (AvgIpc) is 2.63. The molecule has 0 atom stereocenters. The van der Waals surface area contributed by atoms with Crippen molar-refractivity contribution >= 4 is 38.0 Å². The third kappa shape index (κ3) is 3.09. The molecule has 1 aliphatic rings. The van der Waals surface area contributed by atoms with Crippen LogP contribution >= 0.6 is 0 Å². The van der Waals surface area contributed by atoms with Gasteiger partial charge in [-0.3, -0.25) is 4.79 Å². The second kappa shape index (κ2) is 7.59. The molecule has 6 heteroatoms. The summed E-state index contributed by atoms with van der Waals surface area (Å²) in [6.45, 7) is 5.40. The number of anilines is 1. The lowest BCUT2D eigenvalue weighted by molar-refractivity contribution is -0.123. The number of fused-ring (bicyclic) bond motifs is 3. The fourth-order valence-corrected chi connectivity index (χ4v) is 6.05. The first-order valence-corrected chi connectivity index (χ1v) is 11.2. The molecule has 0 bridgehead atoms. The van der Waals surface area contributed by atoms with Crippen LogP contribution in [0, 0.1) is 0 Å². The van der Waals surface area contributed by atoms with Crippen LogP contribution in [0.3, 0.4) is 0 Å². The highest BCUT2D eigenvalue weighted by Crippen LogP contribution is 2.44. The van der Waals surface area contributed by atoms with Crippen molar-refractivity contribution < 1.29 is 13.2 Å². The molecule has 1 heterocycles. The van der Waals surface area contributed by atoms with Crippen LogP contribution in [0.15, 0.2) is 40.9 Å². The van der Waals surface area contributed by atoms with Gasteiger partial charge in [0.25, 0.3) is 10.0 Å². The lowest BCUT2D eigenvalue weighted by Gasteiger charge is -2.33. The number of nitrogens with zero attached hydrogens (tertiary/aromatic N) is 2. The molecule has 2 aromatic carbocycles. The summed E-state index contributed by atoms with van der Waals surface area (Å²) in [4.78, 5) is 14.7. The second-order valence-electron chi connectivity index (χ2n) is 7.42. The largest absolute Gasteiger partial charge is 0.377 e. The van der Waals surface area contributed by atoms with E-state index in [1.807, 2.05) is 56.3 Å². The minimum atomic E-state index is -3.97. The number of carbonyl (C=O) groups is 1. The summed E-state index contributed by atoms with van der Waals surface area (Å²) >= 11 is 0. The predicted molar refractivity (Wildman–Crippen MR) is 115 cm³/mol. The molecule has 0 unspecified atom stereocenters. The molecule has 0 N–H and O–H groups in total. The van der Waals surface area contributed by atoms with Gasteiger partial charge in [0.1, 0.15) is 4.90 Å². The molecule has 1 aliphatic heterocycles. The van der Waals surface area contributed by atoms with Gasteiger partial charge in [-0.1, -0.05) is 51.0 Å². The van der Waals surface area contributed by atoms with Crippen LogP contribution in [0.1, 0.15) is 52.0 Å². The Bertz CT molecular complexity index is 1070. The molecule has 5 nitrogen and oxygen atoms in total. The first-order chi connectivity index (χ1) is 13.3. The zero-order valence-corrected chi connectivity index (χ0v) is 18.1. The van der Waals surface area contributed by atoms with Crippen molar-refractivity contribution in [1.29, 1.82) is 0 Å². The van der Waals surface area contributed by atoms with E-state index in [-0.39, 0.29) is 4.90 Å². The molecule has 3 rings (SSSR count). The lowest BCUT2D eigenvalue weighted by Crippen LogP contribution is -2.38.